The second kappa shape index (κ2) is 4.48. The van der Waals surface area contributed by atoms with Gasteiger partial charge in [0.25, 0.3) is 0 Å². The zero-order valence-corrected chi connectivity index (χ0v) is 11.4. The number of methoxy groups -OCH3 is 1. The van der Waals surface area contributed by atoms with Crippen LogP contribution < -0.4 is 4.74 Å². The summed E-state index contributed by atoms with van der Waals surface area (Å²) >= 11 is 0. The Hall–Kier alpha value is -1.63. The Kier molecular flexibility index (Phi) is 2.93. The molecule has 102 valence electrons. The number of sulfone groups is 1. The van der Waals surface area contributed by atoms with Crippen LogP contribution in [0, 0.1) is 5.92 Å². The van der Waals surface area contributed by atoms with E-state index in [2.05, 4.69) is 10.2 Å². The van der Waals surface area contributed by atoms with E-state index in [1.165, 1.54) is 0 Å². The van der Waals surface area contributed by atoms with Gasteiger partial charge in [0.15, 0.2) is 15.5 Å². The number of ether oxygens (including phenoxy) is 1. The highest BCUT2D eigenvalue weighted by Gasteiger charge is 2.29. The van der Waals surface area contributed by atoms with Gasteiger partial charge in [-0.05, 0) is 18.4 Å². The fourth-order valence-electron chi connectivity index (χ4n) is 2.48. The van der Waals surface area contributed by atoms with Gasteiger partial charge in [-0.1, -0.05) is 0 Å². The van der Waals surface area contributed by atoms with E-state index >= 15 is 0 Å². The topological polar surface area (TPSA) is 73.6 Å². The number of nitrogens with zero attached hydrogens (tertiary/aromatic N) is 3. The van der Waals surface area contributed by atoms with Gasteiger partial charge in [-0.3, -0.25) is 4.40 Å². The molecule has 0 radical (unpaired) electrons. The van der Waals surface area contributed by atoms with Gasteiger partial charge in [-0.15, -0.1) is 10.2 Å². The summed E-state index contributed by atoms with van der Waals surface area (Å²) in [5.74, 6) is 2.24. The number of fused-ring (bicyclic) bond motifs is 1. The van der Waals surface area contributed by atoms with Crippen LogP contribution in [0.5, 0.6) is 5.75 Å². The van der Waals surface area contributed by atoms with Crippen molar-refractivity contribution in [1.29, 1.82) is 0 Å². The molecule has 0 spiro atoms. The lowest BCUT2D eigenvalue weighted by Gasteiger charge is -2.06. The molecular formula is C12H15N3O3S. The summed E-state index contributed by atoms with van der Waals surface area (Å²) in [4.78, 5) is 0. The molecule has 2 aromatic rings. The smallest absolute Gasteiger partial charge is 0.164 e. The van der Waals surface area contributed by atoms with Crippen LogP contribution >= 0.6 is 0 Å². The first-order chi connectivity index (χ1) is 9.07. The molecule has 1 saturated heterocycles. The van der Waals surface area contributed by atoms with Crippen molar-refractivity contribution < 1.29 is 13.2 Å². The summed E-state index contributed by atoms with van der Waals surface area (Å²) in [7, 11) is -1.24. The third kappa shape index (κ3) is 2.42. The quantitative estimate of drug-likeness (QED) is 0.828. The molecule has 19 heavy (non-hydrogen) atoms. The average molecular weight is 281 g/mol. The van der Waals surface area contributed by atoms with Gasteiger partial charge in [0, 0.05) is 18.7 Å². The molecule has 3 rings (SSSR count). The molecule has 6 nitrogen and oxygen atoms in total. The van der Waals surface area contributed by atoms with Gasteiger partial charge >= 0.3 is 0 Å². The molecule has 1 aliphatic rings. The van der Waals surface area contributed by atoms with Crippen molar-refractivity contribution >= 4 is 15.5 Å². The van der Waals surface area contributed by atoms with Crippen molar-refractivity contribution in [3.05, 3.63) is 24.2 Å². The SMILES string of the molecule is COc1ccn2c(CC3CCS(=O)(=O)C3)nnc2c1. The molecule has 7 heteroatoms. The van der Waals surface area contributed by atoms with Crippen LogP contribution in [0.25, 0.3) is 5.65 Å². The van der Waals surface area contributed by atoms with E-state index in [1.807, 2.05) is 22.7 Å². The highest BCUT2D eigenvalue weighted by Crippen LogP contribution is 2.23. The van der Waals surface area contributed by atoms with E-state index in [0.717, 1.165) is 17.2 Å². The molecule has 1 aliphatic heterocycles. The summed E-state index contributed by atoms with van der Waals surface area (Å²) < 4.78 is 29.9. The fourth-order valence-corrected chi connectivity index (χ4v) is 4.34. The van der Waals surface area contributed by atoms with E-state index in [9.17, 15) is 8.42 Å². The molecule has 0 aromatic carbocycles. The Morgan fingerprint density at radius 3 is 3.00 bits per heavy atom. The van der Waals surface area contributed by atoms with Crippen LogP contribution in [0.4, 0.5) is 0 Å². The Bertz CT molecular complexity index is 708. The number of aromatic nitrogens is 3. The molecule has 1 unspecified atom stereocenters. The highest BCUT2D eigenvalue weighted by molar-refractivity contribution is 7.91. The van der Waals surface area contributed by atoms with Crippen LogP contribution in [0.1, 0.15) is 12.2 Å². The number of rotatable bonds is 3. The Morgan fingerprint density at radius 2 is 2.32 bits per heavy atom. The number of pyridine rings is 1. The van der Waals surface area contributed by atoms with Crippen LogP contribution in [-0.2, 0) is 16.3 Å². The van der Waals surface area contributed by atoms with Crippen LogP contribution in [0.2, 0.25) is 0 Å². The first-order valence-corrected chi connectivity index (χ1v) is 7.97. The molecular weight excluding hydrogens is 266 g/mol. The molecule has 0 amide bonds. The van der Waals surface area contributed by atoms with E-state index in [-0.39, 0.29) is 11.7 Å². The maximum atomic E-state index is 11.5. The third-order valence-electron chi connectivity index (χ3n) is 3.49. The molecule has 1 fully saturated rings. The minimum Gasteiger partial charge on any atom is -0.497 e. The highest BCUT2D eigenvalue weighted by atomic mass is 32.2. The van der Waals surface area contributed by atoms with Crippen molar-refractivity contribution in [2.75, 3.05) is 18.6 Å². The van der Waals surface area contributed by atoms with Gasteiger partial charge < -0.3 is 4.74 Å². The summed E-state index contributed by atoms with van der Waals surface area (Å²) in [6.07, 6.45) is 3.22. The maximum absolute atomic E-state index is 11.5. The zero-order valence-electron chi connectivity index (χ0n) is 10.6. The van der Waals surface area contributed by atoms with E-state index in [0.29, 0.717) is 18.6 Å². The lowest BCUT2D eigenvalue weighted by atomic mass is 10.1. The molecule has 0 N–H and O–H groups in total. The Balaban J connectivity index is 1.86. The largest absolute Gasteiger partial charge is 0.497 e. The first-order valence-electron chi connectivity index (χ1n) is 6.15. The molecule has 0 bridgehead atoms. The molecule has 2 aromatic heterocycles. The summed E-state index contributed by atoms with van der Waals surface area (Å²) in [6.45, 7) is 0. The van der Waals surface area contributed by atoms with Crippen molar-refractivity contribution in [1.82, 2.24) is 14.6 Å². The second-order valence-corrected chi connectivity index (χ2v) is 7.11. The van der Waals surface area contributed by atoms with Crippen LogP contribution in [0.3, 0.4) is 0 Å². The van der Waals surface area contributed by atoms with E-state index in [1.54, 1.807) is 7.11 Å². The molecule has 0 saturated carbocycles. The predicted octanol–water partition coefficient (Wildman–Crippen LogP) is 0.715. The van der Waals surface area contributed by atoms with Gasteiger partial charge in [0.1, 0.15) is 11.6 Å². The third-order valence-corrected chi connectivity index (χ3v) is 5.32. The predicted molar refractivity (Wildman–Crippen MR) is 70.0 cm³/mol. The summed E-state index contributed by atoms with van der Waals surface area (Å²) in [6, 6.07) is 3.65. The fraction of sp³-hybridized carbons (Fsp3) is 0.500. The maximum Gasteiger partial charge on any atom is 0.164 e. The minimum absolute atomic E-state index is 0.152. The monoisotopic (exact) mass is 281 g/mol. The summed E-state index contributed by atoms with van der Waals surface area (Å²) in [5.41, 5.74) is 0.718. The van der Waals surface area contributed by atoms with Crippen LogP contribution in [0.15, 0.2) is 18.3 Å². The van der Waals surface area contributed by atoms with Crippen LogP contribution in [-0.4, -0.2) is 41.6 Å². The van der Waals surface area contributed by atoms with Gasteiger partial charge in [0.2, 0.25) is 0 Å². The second-order valence-electron chi connectivity index (χ2n) is 4.88. The van der Waals surface area contributed by atoms with Gasteiger partial charge in [0.05, 0.1) is 18.6 Å². The van der Waals surface area contributed by atoms with Crippen molar-refractivity contribution in [3.63, 3.8) is 0 Å². The first kappa shape index (κ1) is 12.4. The van der Waals surface area contributed by atoms with Crippen molar-refractivity contribution in [2.24, 2.45) is 5.92 Å². The normalized spacial score (nSPS) is 21.8. The minimum atomic E-state index is -2.84. The van der Waals surface area contributed by atoms with Crippen molar-refractivity contribution in [2.45, 2.75) is 12.8 Å². The number of hydrogen-bond acceptors (Lipinski definition) is 5. The lowest BCUT2D eigenvalue weighted by Crippen LogP contribution is -2.09. The lowest BCUT2D eigenvalue weighted by molar-refractivity contribution is 0.414. The molecule has 3 heterocycles. The van der Waals surface area contributed by atoms with Gasteiger partial charge in [-0.2, -0.15) is 0 Å². The molecule has 0 aliphatic carbocycles. The Labute approximate surface area is 111 Å². The van der Waals surface area contributed by atoms with Crippen molar-refractivity contribution in [3.8, 4) is 5.75 Å². The summed E-state index contributed by atoms with van der Waals surface area (Å²) in [5, 5.41) is 8.23. The van der Waals surface area contributed by atoms with E-state index < -0.39 is 9.84 Å². The average Bonchev–Trinajstić information content (AvgIpc) is 2.93. The van der Waals surface area contributed by atoms with E-state index in [4.69, 9.17) is 4.74 Å². The number of hydrogen-bond donors (Lipinski definition) is 0. The zero-order chi connectivity index (χ0) is 13.5. The molecule has 1 atom stereocenters. The standard InChI is InChI=1S/C12H15N3O3S/c1-18-10-2-4-15-11(13-14-12(15)7-10)6-9-3-5-19(16,17)8-9/h2,4,7,9H,3,5-6,8H2,1H3. The Morgan fingerprint density at radius 1 is 1.47 bits per heavy atom. The van der Waals surface area contributed by atoms with Gasteiger partial charge in [-0.25, -0.2) is 8.42 Å².